The molecular weight excluding hydrogens is 234 g/mol. The van der Waals surface area contributed by atoms with Crippen molar-refractivity contribution in [1.82, 2.24) is 4.90 Å². The molecule has 96 valence electrons. The molecule has 0 heterocycles. The molecule has 1 aromatic rings. The molecular formula is C13H22ClN3. The fourth-order valence-corrected chi connectivity index (χ4v) is 1.98. The van der Waals surface area contributed by atoms with Gasteiger partial charge < -0.3 is 15.5 Å². The zero-order chi connectivity index (χ0) is 12.8. The van der Waals surface area contributed by atoms with Gasteiger partial charge in [-0.2, -0.15) is 0 Å². The van der Waals surface area contributed by atoms with E-state index < -0.39 is 0 Å². The summed E-state index contributed by atoms with van der Waals surface area (Å²) in [6.07, 6.45) is 1.12. The van der Waals surface area contributed by atoms with Crippen molar-refractivity contribution in [1.29, 1.82) is 0 Å². The van der Waals surface area contributed by atoms with Crippen LogP contribution < -0.4 is 10.6 Å². The number of hydrogen-bond donors (Lipinski definition) is 1. The Morgan fingerprint density at radius 3 is 2.53 bits per heavy atom. The van der Waals surface area contributed by atoms with E-state index in [1.165, 1.54) is 0 Å². The first-order valence-corrected chi connectivity index (χ1v) is 6.37. The van der Waals surface area contributed by atoms with Crippen LogP contribution in [0.1, 0.15) is 13.3 Å². The molecule has 1 aromatic carbocycles. The van der Waals surface area contributed by atoms with E-state index in [4.69, 9.17) is 17.3 Å². The van der Waals surface area contributed by atoms with Crippen LogP contribution in [-0.4, -0.2) is 38.6 Å². The SMILES string of the molecule is CCN(CCCN(C)C)c1cc(Cl)ccc1N. The topological polar surface area (TPSA) is 32.5 Å². The van der Waals surface area contributed by atoms with Crippen LogP contribution in [0.25, 0.3) is 0 Å². The van der Waals surface area contributed by atoms with Crippen molar-refractivity contribution < 1.29 is 0 Å². The highest BCUT2D eigenvalue weighted by Gasteiger charge is 2.08. The highest BCUT2D eigenvalue weighted by Crippen LogP contribution is 2.26. The molecule has 0 saturated carbocycles. The van der Waals surface area contributed by atoms with Gasteiger partial charge in [0.1, 0.15) is 0 Å². The minimum atomic E-state index is 0.736. The van der Waals surface area contributed by atoms with Gasteiger partial charge in [0.25, 0.3) is 0 Å². The van der Waals surface area contributed by atoms with Gasteiger partial charge in [-0.05, 0) is 52.2 Å². The molecule has 0 aliphatic rings. The second kappa shape index (κ2) is 6.72. The van der Waals surface area contributed by atoms with Crippen molar-refractivity contribution in [2.75, 3.05) is 44.4 Å². The summed E-state index contributed by atoms with van der Waals surface area (Å²) in [5.74, 6) is 0. The molecule has 0 radical (unpaired) electrons. The Labute approximate surface area is 109 Å². The van der Waals surface area contributed by atoms with Crippen LogP contribution in [0.15, 0.2) is 18.2 Å². The Balaban J connectivity index is 2.68. The van der Waals surface area contributed by atoms with Crippen LogP contribution in [-0.2, 0) is 0 Å². The molecule has 4 heteroatoms. The lowest BCUT2D eigenvalue weighted by Gasteiger charge is -2.25. The maximum atomic E-state index is 6.01. The van der Waals surface area contributed by atoms with E-state index >= 15 is 0 Å². The molecule has 0 aliphatic heterocycles. The van der Waals surface area contributed by atoms with Crippen molar-refractivity contribution in [3.8, 4) is 0 Å². The lowest BCUT2D eigenvalue weighted by molar-refractivity contribution is 0.400. The Kier molecular flexibility index (Phi) is 5.59. The Bertz CT molecular complexity index is 353. The Hall–Kier alpha value is -0.930. The fraction of sp³-hybridized carbons (Fsp3) is 0.538. The van der Waals surface area contributed by atoms with Gasteiger partial charge in [0, 0.05) is 18.1 Å². The van der Waals surface area contributed by atoms with E-state index in [-0.39, 0.29) is 0 Å². The predicted octanol–water partition coefficient (Wildman–Crippen LogP) is 2.70. The second-order valence-corrected chi connectivity index (χ2v) is 4.88. The third-order valence-electron chi connectivity index (χ3n) is 2.75. The lowest BCUT2D eigenvalue weighted by atomic mass is 10.2. The minimum Gasteiger partial charge on any atom is -0.397 e. The molecule has 0 bridgehead atoms. The molecule has 0 atom stereocenters. The number of halogens is 1. The number of nitrogens with two attached hydrogens (primary N) is 1. The first kappa shape index (κ1) is 14.1. The van der Waals surface area contributed by atoms with Gasteiger partial charge in [0.15, 0.2) is 0 Å². The molecule has 0 aliphatic carbocycles. The standard InChI is InChI=1S/C13H22ClN3/c1-4-17(9-5-8-16(2)3)13-10-11(14)6-7-12(13)15/h6-7,10H,4-5,8-9,15H2,1-3H3. The Morgan fingerprint density at radius 1 is 1.24 bits per heavy atom. The summed E-state index contributed by atoms with van der Waals surface area (Å²) in [5, 5.41) is 0.736. The van der Waals surface area contributed by atoms with Crippen molar-refractivity contribution >= 4 is 23.0 Å². The smallest absolute Gasteiger partial charge is 0.0614 e. The van der Waals surface area contributed by atoms with Crippen LogP contribution in [0, 0.1) is 0 Å². The van der Waals surface area contributed by atoms with E-state index in [2.05, 4.69) is 30.8 Å². The van der Waals surface area contributed by atoms with Crippen molar-refractivity contribution in [3.63, 3.8) is 0 Å². The Morgan fingerprint density at radius 2 is 1.94 bits per heavy atom. The summed E-state index contributed by atoms with van der Waals surface area (Å²) in [5.41, 5.74) is 7.82. The van der Waals surface area contributed by atoms with Crippen LogP contribution in [0.5, 0.6) is 0 Å². The van der Waals surface area contributed by atoms with Crippen LogP contribution in [0.2, 0.25) is 5.02 Å². The summed E-state index contributed by atoms with van der Waals surface area (Å²) < 4.78 is 0. The molecule has 0 aromatic heterocycles. The highest BCUT2D eigenvalue weighted by molar-refractivity contribution is 6.31. The third-order valence-corrected chi connectivity index (χ3v) is 2.98. The summed E-state index contributed by atoms with van der Waals surface area (Å²) in [7, 11) is 4.17. The lowest BCUT2D eigenvalue weighted by Crippen LogP contribution is -2.27. The third kappa shape index (κ3) is 4.44. The molecule has 3 nitrogen and oxygen atoms in total. The maximum Gasteiger partial charge on any atom is 0.0614 e. The number of benzene rings is 1. The second-order valence-electron chi connectivity index (χ2n) is 4.44. The van der Waals surface area contributed by atoms with E-state index in [0.29, 0.717) is 0 Å². The van der Waals surface area contributed by atoms with Gasteiger partial charge in [-0.15, -0.1) is 0 Å². The van der Waals surface area contributed by atoms with E-state index in [1.54, 1.807) is 0 Å². The quantitative estimate of drug-likeness (QED) is 0.794. The summed E-state index contributed by atoms with van der Waals surface area (Å²) in [6, 6.07) is 5.64. The van der Waals surface area contributed by atoms with Crippen LogP contribution >= 0.6 is 11.6 Å². The zero-order valence-corrected chi connectivity index (χ0v) is 11.7. The van der Waals surface area contributed by atoms with Crippen molar-refractivity contribution in [2.45, 2.75) is 13.3 Å². The fourth-order valence-electron chi connectivity index (χ4n) is 1.82. The first-order valence-electron chi connectivity index (χ1n) is 5.99. The monoisotopic (exact) mass is 255 g/mol. The average molecular weight is 256 g/mol. The van der Waals surface area contributed by atoms with Gasteiger partial charge in [-0.3, -0.25) is 0 Å². The predicted molar refractivity (Wildman–Crippen MR) is 76.9 cm³/mol. The minimum absolute atomic E-state index is 0.736. The molecule has 0 unspecified atom stereocenters. The highest BCUT2D eigenvalue weighted by atomic mass is 35.5. The van der Waals surface area contributed by atoms with Gasteiger partial charge >= 0.3 is 0 Å². The van der Waals surface area contributed by atoms with Gasteiger partial charge in [-0.25, -0.2) is 0 Å². The number of rotatable bonds is 6. The molecule has 1 rings (SSSR count). The molecule has 0 fully saturated rings. The molecule has 2 N–H and O–H groups in total. The molecule has 0 spiro atoms. The normalized spacial score (nSPS) is 10.9. The van der Waals surface area contributed by atoms with E-state index in [0.717, 1.165) is 42.5 Å². The van der Waals surface area contributed by atoms with Crippen LogP contribution in [0.4, 0.5) is 11.4 Å². The van der Waals surface area contributed by atoms with Crippen molar-refractivity contribution in [3.05, 3.63) is 23.2 Å². The maximum absolute atomic E-state index is 6.01. The van der Waals surface area contributed by atoms with Gasteiger partial charge in [-0.1, -0.05) is 11.6 Å². The number of anilines is 2. The number of hydrogen-bond acceptors (Lipinski definition) is 3. The van der Waals surface area contributed by atoms with Gasteiger partial charge in [0.2, 0.25) is 0 Å². The summed E-state index contributed by atoms with van der Waals surface area (Å²) in [6.45, 7) is 5.16. The van der Waals surface area contributed by atoms with Crippen molar-refractivity contribution in [2.24, 2.45) is 0 Å². The summed E-state index contributed by atoms with van der Waals surface area (Å²) >= 11 is 6.01. The largest absolute Gasteiger partial charge is 0.397 e. The molecule has 0 saturated heterocycles. The van der Waals surface area contributed by atoms with E-state index in [9.17, 15) is 0 Å². The first-order chi connectivity index (χ1) is 8.04. The average Bonchev–Trinajstić information content (AvgIpc) is 2.28. The molecule has 17 heavy (non-hydrogen) atoms. The summed E-state index contributed by atoms with van der Waals surface area (Å²) in [4.78, 5) is 4.46. The van der Waals surface area contributed by atoms with E-state index in [1.807, 2.05) is 18.2 Å². The zero-order valence-electron chi connectivity index (χ0n) is 10.9. The number of nitrogen functional groups attached to an aromatic ring is 1. The van der Waals surface area contributed by atoms with Gasteiger partial charge in [0.05, 0.1) is 11.4 Å². The number of nitrogens with zero attached hydrogens (tertiary/aromatic N) is 2. The molecule has 0 amide bonds. The van der Waals surface area contributed by atoms with Crippen LogP contribution in [0.3, 0.4) is 0 Å².